The summed E-state index contributed by atoms with van der Waals surface area (Å²) in [5, 5.41) is 3.71. The summed E-state index contributed by atoms with van der Waals surface area (Å²) in [5.74, 6) is -0.661. The number of thiophene rings is 1. The summed E-state index contributed by atoms with van der Waals surface area (Å²) >= 11 is 1.31. The fourth-order valence-corrected chi connectivity index (χ4v) is 5.80. The molecule has 0 fully saturated rings. The van der Waals surface area contributed by atoms with Gasteiger partial charge in [-0.2, -0.15) is 0 Å². The minimum absolute atomic E-state index is 0.00208. The summed E-state index contributed by atoms with van der Waals surface area (Å²) in [5.41, 5.74) is 1.52. The lowest BCUT2D eigenvalue weighted by atomic mass is 9.97. The largest absolute Gasteiger partial charge is 0.354 e. The molecule has 0 unspecified atom stereocenters. The number of carbonyl (C=O) groups excluding carboxylic acids is 1. The van der Waals surface area contributed by atoms with Gasteiger partial charge in [-0.25, -0.2) is 9.18 Å². The Bertz CT molecular complexity index is 1550. The normalized spacial score (nSPS) is 13.8. The standard InChI is InChI=1S/C27H26FN3O3S/c28-20-12-10-19(11-13-20)16-31-26(33)25-24(21-8-4-5-9-22(21)35-25)30(27(31)34)17-23(32)29-15-14-18-6-2-1-3-7-18/h4-6,8-13H,1-3,7,14-17H2,(H,29,32). The lowest BCUT2D eigenvalue weighted by Gasteiger charge is -2.14. The Morgan fingerprint density at radius 1 is 1.03 bits per heavy atom. The molecule has 1 aliphatic rings. The van der Waals surface area contributed by atoms with Crippen LogP contribution in [0.3, 0.4) is 0 Å². The molecule has 0 bridgehead atoms. The number of allylic oxidation sites excluding steroid dienone is 1. The van der Waals surface area contributed by atoms with E-state index in [-0.39, 0.29) is 24.8 Å². The fraction of sp³-hybridized carbons (Fsp3) is 0.296. The molecule has 0 aliphatic heterocycles. The number of aromatic nitrogens is 2. The quantitative estimate of drug-likeness (QED) is 0.385. The average molecular weight is 492 g/mol. The third-order valence-electron chi connectivity index (χ3n) is 6.45. The minimum Gasteiger partial charge on any atom is -0.354 e. The van der Waals surface area contributed by atoms with Crippen LogP contribution in [0.25, 0.3) is 20.3 Å². The molecule has 0 spiro atoms. The molecular weight excluding hydrogens is 465 g/mol. The van der Waals surface area contributed by atoms with E-state index in [0.717, 1.165) is 33.9 Å². The van der Waals surface area contributed by atoms with Crippen LogP contribution in [0.1, 0.15) is 37.7 Å². The van der Waals surface area contributed by atoms with E-state index in [9.17, 15) is 18.8 Å². The summed E-state index contributed by atoms with van der Waals surface area (Å²) in [7, 11) is 0. The Kier molecular flexibility index (Phi) is 6.63. The molecule has 0 saturated carbocycles. The van der Waals surface area contributed by atoms with Crippen LogP contribution >= 0.6 is 11.3 Å². The molecule has 180 valence electrons. The molecule has 0 atom stereocenters. The Morgan fingerprint density at radius 3 is 2.60 bits per heavy atom. The van der Waals surface area contributed by atoms with E-state index in [1.807, 2.05) is 24.3 Å². The van der Waals surface area contributed by atoms with Crippen LogP contribution < -0.4 is 16.6 Å². The molecular formula is C27H26FN3O3S. The first-order valence-corrected chi connectivity index (χ1v) is 12.7. The van der Waals surface area contributed by atoms with Crippen molar-refractivity contribution in [3.63, 3.8) is 0 Å². The van der Waals surface area contributed by atoms with Crippen molar-refractivity contribution in [2.24, 2.45) is 0 Å². The lowest BCUT2D eigenvalue weighted by Crippen LogP contribution is -2.42. The molecule has 35 heavy (non-hydrogen) atoms. The number of hydrogen-bond donors (Lipinski definition) is 1. The van der Waals surface area contributed by atoms with Crippen molar-refractivity contribution in [2.45, 2.75) is 45.2 Å². The first-order chi connectivity index (χ1) is 17.0. The lowest BCUT2D eigenvalue weighted by molar-refractivity contribution is -0.121. The molecule has 5 rings (SSSR count). The summed E-state index contributed by atoms with van der Waals surface area (Å²) in [6.07, 6.45) is 7.64. The Balaban J connectivity index is 1.51. The molecule has 0 saturated heterocycles. The highest BCUT2D eigenvalue weighted by Gasteiger charge is 2.20. The molecule has 4 aromatic rings. The molecule has 1 amide bonds. The number of halogens is 1. The molecule has 8 heteroatoms. The van der Waals surface area contributed by atoms with Crippen molar-refractivity contribution in [3.05, 3.63) is 92.4 Å². The van der Waals surface area contributed by atoms with E-state index in [0.29, 0.717) is 22.3 Å². The van der Waals surface area contributed by atoms with Gasteiger partial charge in [0.1, 0.15) is 17.1 Å². The van der Waals surface area contributed by atoms with Gasteiger partial charge in [0, 0.05) is 16.6 Å². The van der Waals surface area contributed by atoms with Crippen molar-refractivity contribution < 1.29 is 9.18 Å². The Morgan fingerprint density at radius 2 is 1.83 bits per heavy atom. The molecule has 1 aliphatic carbocycles. The predicted molar refractivity (Wildman–Crippen MR) is 138 cm³/mol. The van der Waals surface area contributed by atoms with Crippen molar-refractivity contribution in [1.82, 2.24) is 14.5 Å². The summed E-state index contributed by atoms with van der Waals surface area (Å²) in [4.78, 5) is 39.8. The van der Waals surface area contributed by atoms with Gasteiger partial charge >= 0.3 is 5.69 Å². The van der Waals surface area contributed by atoms with Gasteiger partial charge in [-0.15, -0.1) is 11.3 Å². The highest BCUT2D eigenvalue weighted by molar-refractivity contribution is 7.25. The maximum absolute atomic E-state index is 13.5. The molecule has 6 nitrogen and oxygen atoms in total. The zero-order valence-electron chi connectivity index (χ0n) is 19.3. The van der Waals surface area contributed by atoms with Crippen LogP contribution in [0.4, 0.5) is 4.39 Å². The van der Waals surface area contributed by atoms with Crippen molar-refractivity contribution in [1.29, 1.82) is 0 Å². The van der Waals surface area contributed by atoms with Crippen molar-refractivity contribution in [2.75, 3.05) is 6.54 Å². The van der Waals surface area contributed by atoms with Crippen LogP contribution in [0.15, 0.2) is 69.8 Å². The van der Waals surface area contributed by atoms with Crippen LogP contribution in [0, 0.1) is 5.82 Å². The molecule has 0 radical (unpaired) electrons. The molecule has 2 heterocycles. The molecule has 1 N–H and O–H groups in total. The zero-order valence-corrected chi connectivity index (χ0v) is 20.1. The summed E-state index contributed by atoms with van der Waals surface area (Å²) < 4.78 is 17.2. The fourth-order valence-electron chi connectivity index (χ4n) is 4.65. The van der Waals surface area contributed by atoms with Gasteiger partial charge in [-0.1, -0.05) is 42.0 Å². The van der Waals surface area contributed by atoms with Crippen molar-refractivity contribution in [3.8, 4) is 0 Å². The second-order valence-electron chi connectivity index (χ2n) is 8.87. The van der Waals surface area contributed by atoms with Gasteiger partial charge in [0.2, 0.25) is 5.91 Å². The van der Waals surface area contributed by atoms with Crippen molar-refractivity contribution >= 4 is 37.5 Å². The van der Waals surface area contributed by atoms with Crippen LogP contribution in [-0.2, 0) is 17.9 Å². The van der Waals surface area contributed by atoms with Crippen LogP contribution in [-0.4, -0.2) is 21.6 Å². The van der Waals surface area contributed by atoms with Gasteiger partial charge in [-0.05, 0) is 55.9 Å². The van der Waals surface area contributed by atoms with Gasteiger partial charge < -0.3 is 5.32 Å². The van der Waals surface area contributed by atoms with Gasteiger partial charge in [0.25, 0.3) is 5.56 Å². The number of amides is 1. The maximum atomic E-state index is 13.5. The third kappa shape index (κ3) is 4.84. The number of hydrogen-bond acceptors (Lipinski definition) is 4. The maximum Gasteiger partial charge on any atom is 0.332 e. The number of nitrogens with one attached hydrogen (secondary N) is 1. The second kappa shape index (κ2) is 10.00. The van der Waals surface area contributed by atoms with E-state index in [2.05, 4.69) is 11.4 Å². The third-order valence-corrected chi connectivity index (χ3v) is 7.60. The molecule has 2 aromatic carbocycles. The van der Waals surface area contributed by atoms with Gasteiger partial charge in [0.15, 0.2) is 0 Å². The number of nitrogens with zero attached hydrogens (tertiary/aromatic N) is 2. The van der Waals surface area contributed by atoms with Crippen LogP contribution in [0.2, 0.25) is 0 Å². The smallest absolute Gasteiger partial charge is 0.332 e. The first-order valence-electron chi connectivity index (χ1n) is 11.8. The highest BCUT2D eigenvalue weighted by Crippen LogP contribution is 2.30. The summed E-state index contributed by atoms with van der Waals surface area (Å²) in [6, 6.07) is 13.2. The zero-order chi connectivity index (χ0) is 24.4. The average Bonchev–Trinajstić information content (AvgIpc) is 3.26. The first kappa shape index (κ1) is 23.2. The topological polar surface area (TPSA) is 73.1 Å². The van der Waals surface area contributed by atoms with E-state index >= 15 is 0 Å². The predicted octanol–water partition coefficient (Wildman–Crippen LogP) is 4.57. The Labute approximate surface area is 205 Å². The van der Waals surface area contributed by atoms with E-state index in [1.54, 1.807) is 12.1 Å². The summed E-state index contributed by atoms with van der Waals surface area (Å²) in [6.45, 7) is 0.332. The highest BCUT2D eigenvalue weighted by atomic mass is 32.1. The van der Waals surface area contributed by atoms with E-state index < -0.39 is 11.2 Å². The second-order valence-corrected chi connectivity index (χ2v) is 9.92. The Hall–Kier alpha value is -3.52. The van der Waals surface area contributed by atoms with Gasteiger partial charge in [-0.3, -0.25) is 18.7 Å². The number of rotatable bonds is 7. The van der Waals surface area contributed by atoms with Crippen LogP contribution in [0.5, 0.6) is 0 Å². The van der Waals surface area contributed by atoms with E-state index in [1.165, 1.54) is 46.5 Å². The SMILES string of the molecule is O=C(Cn1c(=O)n(Cc2ccc(F)cc2)c(=O)c2sc3ccccc3c21)NCCC1=CCCCC1. The number of carbonyl (C=O) groups is 1. The molecule has 2 aromatic heterocycles. The van der Waals surface area contributed by atoms with E-state index in [4.69, 9.17) is 0 Å². The number of fused-ring (bicyclic) bond motifs is 3. The van der Waals surface area contributed by atoms with Gasteiger partial charge in [0.05, 0.1) is 12.1 Å². The minimum atomic E-state index is -0.555. The number of benzene rings is 2. The monoisotopic (exact) mass is 491 g/mol.